The van der Waals surface area contributed by atoms with E-state index in [-0.39, 0.29) is 18.1 Å². The first-order chi connectivity index (χ1) is 10.3. The molecule has 1 aromatic heterocycles. The van der Waals surface area contributed by atoms with Gasteiger partial charge in [-0.2, -0.15) is 0 Å². The molecule has 0 spiro atoms. The topological polar surface area (TPSA) is 95.4 Å². The minimum atomic E-state index is -3.41. The fourth-order valence-corrected chi connectivity index (χ4v) is 3.11. The maximum absolute atomic E-state index is 12.2. The monoisotopic (exact) mass is 348 g/mol. The fourth-order valence-electron chi connectivity index (χ4n) is 1.72. The maximum atomic E-state index is 12.2. The minimum Gasteiger partial charge on any atom is -0.374 e. The number of anilines is 1. The van der Waals surface area contributed by atoms with Crippen LogP contribution in [0.4, 0.5) is 5.82 Å². The molecular weight excluding hydrogens is 328 g/mol. The Hall–Kier alpha value is -1.22. The molecule has 0 aliphatic carbocycles. The summed E-state index contributed by atoms with van der Waals surface area (Å²) < 4.78 is 25.6. The SMILES string of the molecule is C/C=C\C(C)S(=O)(=O)N(C)CC[C@H](O)Nc1ccc(Cl)nn1. The molecule has 0 aromatic carbocycles. The lowest BCUT2D eigenvalue weighted by molar-refractivity contribution is 0.185. The van der Waals surface area contributed by atoms with E-state index in [4.69, 9.17) is 11.6 Å². The van der Waals surface area contributed by atoms with E-state index in [0.717, 1.165) is 0 Å². The molecule has 0 fully saturated rings. The van der Waals surface area contributed by atoms with Crippen LogP contribution in [0.5, 0.6) is 0 Å². The van der Waals surface area contributed by atoms with Crippen LogP contribution in [0, 0.1) is 0 Å². The molecule has 1 unspecified atom stereocenters. The van der Waals surface area contributed by atoms with Gasteiger partial charge in [0.1, 0.15) is 6.23 Å². The summed E-state index contributed by atoms with van der Waals surface area (Å²) in [6.07, 6.45) is 2.59. The predicted octanol–water partition coefficient (Wildman–Crippen LogP) is 1.48. The summed E-state index contributed by atoms with van der Waals surface area (Å²) in [5, 5.41) is 19.6. The molecule has 1 heterocycles. The van der Waals surface area contributed by atoms with Gasteiger partial charge >= 0.3 is 0 Å². The Morgan fingerprint density at radius 3 is 2.68 bits per heavy atom. The molecule has 9 heteroatoms. The summed E-state index contributed by atoms with van der Waals surface area (Å²) in [6.45, 7) is 3.57. The number of aliphatic hydroxyl groups is 1. The Labute approximate surface area is 136 Å². The van der Waals surface area contributed by atoms with Gasteiger partial charge in [0.15, 0.2) is 11.0 Å². The maximum Gasteiger partial charge on any atom is 0.220 e. The Balaban J connectivity index is 2.52. The van der Waals surface area contributed by atoms with Crippen LogP contribution in [-0.2, 0) is 10.0 Å². The third kappa shape index (κ3) is 5.53. The highest BCUT2D eigenvalue weighted by molar-refractivity contribution is 7.89. The van der Waals surface area contributed by atoms with Crippen LogP contribution in [-0.4, -0.2) is 53.1 Å². The summed E-state index contributed by atoms with van der Waals surface area (Å²) in [7, 11) is -1.92. The number of allylic oxidation sites excluding steroid dienone is 1. The number of hydrogen-bond donors (Lipinski definition) is 2. The Morgan fingerprint density at radius 1 is 1.45 bits per heavy atom. The lowest BCUT2D eigenvalue weighted by Crippen LogP contribution is -2.36. The second-order valence-electron chi connectivity index (χ2n) is 4.79. The van der Waals surface area contributed by atoms with E-state index in [2.05, 4.69) is 15.5 Å². The quantitative estimate of drug-likeness (QED) is 0.545. The molecule has 7 nitrogen and oxygen atoms in total. The first-order valence-electron chi connectivity index (χ1n) is 6.79. The van der Waals surface area contributed by atoms with Crippen LogP contribution < -0.4 is 5.32 Å². The van der Waals surface area contributed by atoms with Crippen molar-refractivity contribution in [2.45, 2.75) is 31.7 Å². The molecule has 22 heavy (non-hydrogen) atoms. The summed E-state index contributed by atoms with van der Waals surface area (Å²) in [5.74, 6) is 0.365. The normalized spacial score (nSPS) is 15.2. The zero-order valence-electron chi connectivity index (χ0n) is 12.8. The van der Waals surface area contributed by atoms with E-state index >= 15 is 0 Å². The standard InChI is InChI=1S/C13H21ClN4O3S/c1-4-5-10(2)22(20,21)18(3)9-8-13(19)15-12-7-6-11(14)16-17-12/h4-7,10,13,19H,8-9H2,1-3H3,(H,15,17)/b5-4-/t10?,13-/m0/s1. The molecule has 0 saturated heterocycles. The fraction of sp³-hybridized carbons (Fsp3) is 0.538. The zero-order chi connectivity index (χ0) is 16.8. The van der Waals surface area contributed by atoms with Gasteiger partial charge in [0.25, 0.3) is 0 Å². The molecule has 2 atom stereocenters. The van der Waals surface area contributed by atoms with Crippen molar-refractivity contribution in [3.05, 3.63) is 29.4 Å². The summed E-state index contributed by atoms with van der Waals surface area (Å²) in [6, 6.07) is 3.12. The van der Waals surface area contributed by atoms with Crippen molar-refractivity contribution in [3.8, 4) is 0 Å². The van der Waals surface area contributed by atoms with E-state index in [1.165, 1.54) is 11.4 Å². The number of nitrogens with zero attached hydrogens (tertiary/aromatic N) is 3. The number of hydrogen-bond acceptors (Lipinski definition) is 6. The van der Waals surface area contributed by atoms with Gasteiger partial charge in [-0.25, -0.2) is 12.7 Å². The number of aromatic nitrogens is 2. The summed E-state index contributed by atoms with van der Waals surface area (Å²) in [5.41, 5.74) is 0. The number of nitrogens with one attached hydrogen (secondary N) is 1. The molecule has 1 rings (SSSR count). The van der Waals surface area contributed by atoms with Gasteiger partial charge in [-0.1, -0.05) is 23.8 Å². The summed E-state index contributed by atoms with van der Waals surface area (Å²) in [4.78, 5) is 0. The van der Waals surface area contributed by atoms with Crippen LogP contribution in [0.25, 0.3) is 0 Å². The largest absolute Gasteiger partial charge is 0.374 e. The Bertz CT molecular complexity index is 592. The summed E-state index contributed by atoms with van der Waals surface area (Å²) >= 11 is 5.61. The Kier molecular flexibility index (Phi) is 7.21. The average Bonchev–Trinajstić information content (AvgIpc) is 2.47. The lowest BCUT2D eigenvalue weighted by Gasteiger charge is -2.22. The smallest absolute Gasteiger partial charge is 0.220 e. The van der Waals surface area contributed by atoms with Crippen LogP contribution in [0.1, 0.15) is 20.3 Å². The van der Waals surface area contributed by atoms with Gasteiger partial charge < -0.3 is 10.4 Å². The van der Waals surface area contributed by atoms with Crippen molar-refractivity contribution in [1.82, 2.24) is 14.5 Å². The van der Waals surface area contributed by atoms with Crippen LogP contribution in [0.3, 0.4) is 0 Å². The first-order valence-corrected chi connectivity index (χ1v) is 8.67. The van der Waals surface area contributed by atoms with E-state index in [1.807, 2.05) is 0 Å². The molecule has 0 saturated carbocycles. The zero-order valence-corrected chi connectivity index (χ0v) is 14.3. The number of rotatable bonds is 8. The highest BCUT2D eigenvalue weighted by atomic mass is 35.5. The molecule has 0 bridgehead atoms. The van der Waals surface area contributed by atoms with Crippen molar-refractivity contribution in [2.75, 3.05) is 18.9 Å². The molecule has 0 aliphatic heterocycles. The molecule has 1 aromatic rings. The molecular formula is C13H21ClN4O3S. The third-order valence-corrected chi connectivity index (χ3v) is 5.38. The number of sulfonamides is 1. The van der Waals surface area contributed by atoms with Crippen molar-refractivity contribution >= 4 is 27.4 Å². The van der Waals surface area contributed by atoms with Crippen molar-refractivity contribution in [2.24, 2.45) is 0 Å². The van der Waals surface area contributed by atoms with Gasteiger partial charge in [-0.15, -0.1) is 10.2 Å². The van der Waals surface area contributed by atoms with Gasteiger partial charge in [-0.3, -0.25) is 0 Å². The first kappa shape index (κ1) is 18.8. The van der Waals surface area contributed by atoms with Crippen LogP contribution >= 0.6 is 11.6 Å². The Morgan fingerprint density at radius 2 is 2.14 bits per heavy atom. The van der Waals surface area contributed by atoms with Crippen molar-refractivity contribution < 1.29 is 13.5 Å². The molecule has 124 valence electrons. The van der Waals surface area contributed by atoms with Gasteiger partial charge in [-0.05, 0) is 26.0 Å². The number of aliphatic hydroxyl groups excluding tert-OH is 1. The van der Waals surface area contributed by atoms with E-state index in [1.54, 1.807) is 38.1 Å². The average molecular weight is 349 g/mol. The second kappa shape index (κ2) is 8.42. The number of halogens is 1. The van der Waals surface area contributed by atoms with E-state index in [9.17, 15) is 13.5 Å². The molecule has 0 radical (unpaired) electrons. The van der Waals surface area contributed by atoms with Gasteiger partial charge in [0.05, 0.1) is 5.25 Å². The van der Waals surface area contributed by atoms with Crippen LogP contribution in [0.15, 0.2) is 24.3 Å². The minimum absolute atomic E-state index is 0.180. The van der Waals surface area contributed by atoms with E-state index in [0.29, 0.717) is 5.82 Å². The molecule has 0 amide bonds. The van der Waals surface area contributed by atoms with Crippen molar-refractivity contribution in [1.29, 1.82) is 0 Å². The second-order valence-corrected chi connectivity index (χ2v) is 7.57. The highest BCUT2D eigenvalue weighted by Crippen LogP contribution is 2.11. The van der Waals surface area contributed by atoms with Gasteiger partial charge in [0, 0.05) is 20.0 Å². The highest BCUT2D eigenvalue weighted by Gasteiger charge is 2.24. The third-order valence-electron chi connectivity index (χ3n) is 3.03. The van der Waals surface area contributed by atoms with Crippen molar-refractivity contribution in [3.63, 3.8) is 0 Å². The van der Waals surface area contributed by atoms with Gasteiger partial charge in [0.2, 0.25) is 10.0 Å². The lowest BCUT2D eigenvalue weighted by atomic mass is 10.3. The van der Waals surface area contributed by atoms with E-state index < -0.39 is 21.5 Å². The predicted molar refractivity (Wildman–Crippen MR) is 87.1 cm³/mol. The molecule has 0 aliphatic rings. The van der Waals surface area contributed by atoms with Crippen LogP contribution in [0.2, 0.25) is 5.15 Å². The molecule has 2 N–H and O–H groups in total.